The Hall–Kier alpha value is -3.36. The number of nitrogens with zero attached hydrogens (tertiary/aromatic N) is 5. The van der Waals surface area contributed by atoms with Crippen molar-refractivity contribution in [1.29, 1.82) is 0 Å². The molecule has 0 saturated heterocycles. The summed E-state index contributed by atoms with van der Waals surface area (Å²) in [5.74, 6) is -1.95. The molecular formula is C18H15F2N5O2. The molecular weight excluding hydrogens is 356 g/mol. The molecule has 2 aromatic carbocycles. The molecule has 0 N–H and O–H groups in total. The van der Waals surface area contributed by atoms with Gasteiger partial charge in [0.25, 0.3) is 0 Å². The zero-order valence-corrected chi connectivity index (χ0v) is 14.4. The number of rotatable bonds is 1. The fourth-order valence-electron chi connectivity index (χ4n) is 3.24. The van der Waals surface area contributed by atoms with Gasteiger partial charge in [-0.2, -0.15) is 4.68 Å². The molecule has 1 amide bonds. The van der Waals surface area contributed by atoms with Gasteiger partial charge in [0.1, 0.15) is 5.69 Å². The van der Waals surface area contributed by atoms with Crippen LogP contribution in [0.25, 0.3) is 5.69 Å². The van der Waals surface area contributed by atoms with Crippen LogP contribution in [0.3, 0.4) is 0 Å². The maximum Gasteiger partial charge on any atom is 0.377 e. The molecule has 0 saturated carbocycles. The van der Waals surface area contributed by atoms with Crippen molar-refractivity contribution in [2.45, 2.75) is 19.8 Å². The Bertz CT molecular complexity index is 1090. The van der Waals surface area contributed by atoms with Gasteiger partial charge >= 0.3 is 11.7 Å². The van der Waals surface area contributed by atoms with E-state index in [1.807, 2.05) is 25.1 Å². The van der Waals surface area contributed by atoms with Gasteiger partial charge in [0.2, 0.25) is 0 Å². The first-order valence-corrected chi connectivity index (χ1v) is 8.38. The second-order valence-electron chi connectivity index (χ2n) is 6.33. The summed E-state index contributed by atoms with van der Waals surface area (Å²) in [5.41, 5.74) is 1.05. The van der Waals surface area contributed by atoms with Crippen LogP contribution in [-0.4, -0.2) is 32.4 Å². The molecule has 0 radical (unpaired) electrons. The van der Waals surface area contributed by atoms with Crippen LogP contribution in [-0.2, 0) is 6.42 Å². The first-order valence-electron chi connectivity index (χ1n) is 8.38. The van der Waals surface area contributed by atoms with Crippen LogP contribution in [0, 0.1) is 18.6 Å². The van der Waals surface area contributed by atoms with Gasteiger partial charge in [-0.25, -0.2) is 18.4 Å². The highest BCUT2D eigenvalue weighted by Crippen LogP contribution is 2.28. The molecule has 0 fully saturated rings. The lowest BCUT2D eigenvalue weighted by Gasteiger charge is -2.28. The summed E-state index contributed by atoms with van der Waals surface area (Å²) in [5, 5.41) is 7.02. The highest BCUT2D eigenvalue weighted by Gasteiger charge is 2.28. The molecule has 2 heterocycles. The van der Waals surface area contributed by atoms with Crippen molar-refractivity contribution in [2.75, 3.05) is 11.4 Å². The lowest BCUT2D eigenvalue weighted by molar-refractivity contribution is 0.243. The van der Waals surface area contributed by atoms with Crippen LogP contribution < -0.4 is 10.6 Å². The maximum absolute atomic E-state index is 13.9. The summed E-state index contributed by atoms with van der Waals surface area (Å²) in [6, 6.07) is 8.12. The van der Waals surface area contributed by atoms with Crippen LogP contribution in [0.2, 0.25) is 0 Å². The predicted molar refractivity (Wildman–Crippen MR) is 93.2 cm³/mol. The zero-order chi connectivity index (χ0) is 19.1. The molecule has 0 aliphatic carbocycles. The first kappa shape index (κ1) is 17.1. The third kappa shape index (κ3) is 2.80. The van der Waals surface area contributed by atoms with Crippen molar-refractivity contribution in [2.24, 2.45) is 0 Å². The van der Waals surface area contributed by atoms with E-state index in [0.717, 1.165) is 36.1 Å². The van der Waals surface area contributed by atoms with Gasteiger partial charge in [-0.05, 0) is 54.0 Å². The normalized spacial score (nSPS) is 13.5. The molecule has 3 aromatic rings. The number of hydrogen-bond donors (Lipinski definition) is 0. The minimum Gasteiger partial charge on any atom is -0.292 e. The number of anilines is 1. The molecule has 0 unspecified atom stereocenters. The molecule has 1 aliphatic heterocycles. The van der Waals surface area contributed by atoms with Gasteiger partial charge in [0.15, 0.2) is 11.6 Å². The van der Waals surface area contributed by atoms with Crippen LogP contribution >= 0.6 is 0 Å². The second-order valence-corrected chi connectivity index (χ2v) is 6.33. The number of aromatic nitrogens is 4. The van der Waals surface area contributed by atoms with Crippen molar-refractivity contribution in [3.63, 3.8) is 0 Å². The van der Waals surface area contributed by atoms with E-state index in [9.17, 15) is 18.4 Å². The Labute approximate surface area is 152 Å². The number of carbonyl (C=O) groups excluding carboxylic acids is 1. The number of halogens is 2. The predicted octanol–water partition coefficient (Wildman–Crippen LogP) is 2.44. The molecule has 0 atom stereocenters. The molecule has 1 aromatic heterocycles. The minimum atomic E-state index is -1.04. The van der Waals surface area contributed by atoms with Crippen LogP contribution in [0.5, 0.6) is 0 Å². The Balaban J connectivity index is 1.76. The monoisotopic (exact) mass is 371 g/mol. The van der Waals surface area contributed by atoms with Gasteiger partial charge in [-0.15, -0.1) is 4.68 Å². The Morgan fingerprint density at radius 1 is 1.11 bits per heavy atom. The van der Waals surface area contributed by atoms with Gasteiger partial charge < -0.3 is 0 Å². The molecule has 0 bridgehead atoms. The summed E-state index contributed by atoms with van der Waals surface area (Å²) in [7, 11) is 0. The number of tetrazole rings is 1. The third-order valence-corrected chi connectivity index (χ3v) is 4.50. The second kappa shape index (κ2) is 6.42. The van der Waals surface area contributed by atoms with Gasteiger partial charge in [0, 0.05) is 12.2 Å². The highest BCUT2D eigenvalue weighted by atomic mass is 19.1. The summed E-state index contributed by atoms with van der Waals surface area (Å²) in [6.45, 7) is 2.36. The van der Waals surface area contributed by atoms with E-state index in [4.69, 9.17) is 0 Å². The number of aryl methyl sites for hydroxylation is 2. The van der Waals surface area contributed by atoms with Crippen LogP contribution in [0.1, 0.15) is 17.5 Å². The summed E-state index contributed by atoms with van der Waals surface area (Å²) in [6.07, 6.45) is 1.55. The molecule has 27 heavy (non-hydrogen) atoms. The quantitative estimate of drug-likeness (QED) is 0.616. The number of hydrogen-bond acceptors (Lipinski definition) is 4. The number of amides is 1. The van der Waals surface area contributed by atoms with E-state index < -0.39 is 29.0 Å². The Morgan fingerprint density at radius 2 is 1.85 bits per heavy atom. The van der Waals surface area contributed by atoms with Gasteiger partial charge in [-0.1, -0.05) is 23.8 Å². The fourth-order valence-corrected chi connectivity index (χ4v) is 3.24. The first-order chi connectivity index (χ1) is 13.0. The average molecular weight is 371 g/mol. The minimum absolute atomic E-state index is 0.405. The Morgan fingerprint density at radius 3 is 2.59 bits per heavy atom. The lowest BCUT2D eigenvalue weighted by atomic mass is 10.00. The lowest BCUT2D eigenvalue weighted by Crippen LogP contribution is -2.43. The largest absolute Gasteiger partial charge is 0.377 e. The molecule has 138 valence electrons. The summed E-state index contributed by atoms with van der Waals surface area (Å²) < 4.78 is 28.8. The number of fused-ring (bicyclic) bond motifs is 1. The van der Waals surface area contributed by atoms with Crippen molar-refractivity contribution in [3.05, 3.63) is 69.6 Å². The standard InChI is InChI=1S/C18H15F2N5O2/c1-11-7-8-15-12(10-11)4-3-9-23(15)17(26)25-18(27)24(21-22-25)16-13(19)5-2-6-14(16)20/h2,5-8,10H,3-4,9H2,1H3. The third-order valence-electron chi connectivity index (χ3n) is 4.50. The maximum atomic E-state index is 13.9. The van der Waals surface area contributed by atoms with Gasteiger partial charge in [0.05, 0.1) is 0 Å². The fraction of sp³-hybridized carbons (Fsp3) is 0.222. The Kier molecular flexibility index (Phi) is 4.06. The molecule has 0 spiro atoms. The number of benzene rings is 2. The molecule has 1 aliphatic rings. The van der Waals surface area contributed by atoms with Crippen molar-refractivity contribution in [3.8, 4) is 5.69 Å². The summed E-state index contributed by atoms with van der Waals surface area (Å²) in [4.78, 5) is 26.8. The van der Waals surface area contributed by atoms with E-state index in [1.54, 1.807) is 0 Å². The van der Waals surface area contributed by atoms with Crippen molar-refractivity contribution >= 4 is 11.7 Å². The van der Waals surface area contributed by atoms with Gasteiger partial charge in [-0.3, -0.25) is 4.90 Å². The number of carbonyl (C=O) groups is 1. The molecule has 7 nitrogen and oxygen atoms in total. The topological polar surface area (TPSA) is 73.0 Å². The highest BCUT2D eigenvalue weighted by molar-refractivity contribution is 5.94. The summed E-state index contributed by atoms with van der Waals surface area (Å²) >= 11 is 0. The average Bonchev–Trinajstić information content (AvgIpc) is 3.01. The van der Waals surface area contributed by atoms with Crippen molar-refractivity contribution in [1.82, 2.24) is 19.8 Å². The SMILES string of the molecule is Cc1ccc2c(c1)CCCN2C(=O)n1nnn(-c2c(F)cccc2F)c1=O. The van der Waals surface area contributed by atoms with E-state index in [1.165, 1.54) is 11.0 Å². The van der Waals surface area contributed by atoms with Crippen LogP contribution in [0.4, 0.5) is 19.3 Å². The van der Waals surface area contributed by atoms with Crippen molar-refractivity contribution < 1.29 is 13.6 Å². The smallest absolute Gasteiger partial charge is 0.292 e. The van der Waals surface area contributed by atoms with E-state index in [-0.39, 0.29) is 0 Å². The van der Waals surface area contributed by atoms with E-state index >= 15 is 0 Å². The van der Waals surface area contributed by atoms with Crippen LogP contribution in [0.15, 0.2) is 41.2 Å². The van der Waals surface area contributed by atoms with E-state index in [2.05, 4.69) is 10.4 Å². The zero-order valence-electron chi connectivity index (χ0n) is 14.4. The molecule has 9 heteroatoms. The number of para-hydroxylation sites is 1. The molecule has 4 rings (SSSR count). The van der Waals surface area contributed by atoms with E-state index in [0.29, 0.717) is 21.6 Å².